The van der Waals surface area contributed by atoms with Crippen LogP contribution in [0.15, 0.2) is 69.9 Å². The Labute approximate surface area is 159 Å². The van der Waals surface area contributed by atoms with Crippen molar-refractivity contribution >= 4 is 45.9 Å². The zero-order valence-electron chi connectivity index (χ0n) is 13.6. The van der Waals surface area contributed by atoms with Gasteiger partial charge in [0.15, 0.2) is 4.34 Å². The van der Waals surface area contributed by atoms with Crippen LogP contribution in [0.2, 0.25) is 0 Å². The van der Waals surface area contributed by atoms with E-state index in [0.717, 1.165) is 15.0 Å². The zero-order valence-corrected chi connectivity index (χ0v) is 16.0. The molecule has 3 aromatic rings. The first-order valence-corrected chi connectivity index (χ1v) is 10.4. The van der Waals surface area contributed by atoms with E-state index in [-0.39, 0.29) is 11.2 Å². The number of rotatable bonds is 7. The van der Waals surface area contributed by atoms with Crippen molar-refractivity contribution in [3.05, 3.63) is 66.2 Å². The van der Waals surface area contributed by atoms with Crippen LogP contribution in [-0.4, -0.2) is 21.4 Å². The standard InChI is InChI=1S/C18H17N3OS3/c1-13(24-15-10-6-3-7-11-15)16(22)19-17-20-21-18(25-17)23-12-14-8-4-2-5-9-14/h2-11,13H,12H2,1H3,(H,19,20,22)/t13-/m1/s1. The maximum absolute atomic E-state index is 12.3. The molecule has 0 aliphatic carbocycles. The fourth-order valence-corrected chi connectivity index (χ4v) is 4.60. The minimum atomic E-state index is -0.202. The van der Waals surface area contributed by atoms with E-state index in [4.69, 9.17) is 0 Å². The molecule has 1 N–H and O–H groups in total. The van der Waals surface area contributed by atoms with Gasteiger partial charge in [-0.25, -0.2) is 0 Å². The number of thioether (sulfide) groups is 2. The Morgan fingerprint density at radius 1 is 1.08 bits per heavy atom. The number of nitrogens with zero attached hydrogens (tertiary/aromatic N) is 2. The van der Waals surface area contributed by atoms with E-state index in [1.807, 2.05) is 55.5 Å². The van der Waals surface area contributed by atoms with E-state index in [2.05, 4.69) is 27.6 Å². The summed E-state index contributed by atoms with van der Waals surface area (Å²) in [6.07, 6.45) is 0. The third-order valence-corrected chi connectivity index (χ3v) is 6.42. The summed E-state index contributed by atoms with van der Waals surface area (Å²) in [6.45, 7) is 1.89. The van der Waals surface area contributed by atoms with Crippen molar-refractivity contribution in [2.24, 2.45) is 0 Å². The molecule has 1 aromatic heterocycles. The van der Waals surface area contributed by atoms with Crippen LogP contribution >= 0.6 is 34.9 Å². The van der Waals surface area contributed by atoms with Crippen LogP contribution in [0, 0.1) is 0 Å². The molecule has 0 unspecified atom stereocenters. The molecular weight excluding hydrogens is 370 g/mol. The van der Waals surface area contributed by atoms with Gasteiger partial charge in [0.2, 0.25) is 11.0 Å². The summed E-state index contributed by atoms with van der Waals surface area (Å²) in [5.74, 6) is 0.772. The molecule has 1 atom stereocenters. The molecule has 3 rings (SSSR count). The third kappa shape index (κ3) is 5.59. The summed E-state index contributed by atoms with van der Waals surface area (Å²) in [7, 11) is 0. The van der Waals surface area contributed by atoms with E-state index in [0.29, 0.717) is 5.13 Å². The Hall–Kier alpha value is -1.83. The lowest BCUT2D eigenvalue weighted by Crippen LogP contribution is -2.22. The highest BCUT2D eigenvalue weighted by molar-refractivity contribution is 8.00. The molecule has 4 nitrogen and oxygen atoms in total. The van der Waals surface area contributed by atoms with Crippen molar-refractivity contribution in [1.82, 2.24) is 10.2 Å². The van der Waals surface area contributed by atoms with Crippen LogP contribution in [0.5, 0.6) is 0 Å². The molecule has 0 fully saturated rings. The van der Waals surface area contributed by atoms with E-state index >= 15 is 0 Å². The zero-order chi connectivity index (χ0) is 17.5. The van der Waals surface area contributed by atoms with Crippen molar-refractivity contribution in [2.45, 2.75) is 27.2 Å². The lowest BCUT2D eigenvalue weighted by atomic mass is 10.2. The van der Waals surface area contributed by atoms with Gasteiger partial charge in [-0.2, -0.15) is 0 Å². The molecule has 1 heterocycles. The summed E-state index contributed by atoms with van der Waals surface area (Å²) < 4.78 is 0.850. The van der Waals surface area contributed by atoms with Crippen LogP contribution in [0.25, 0.3) is 0 Å². The highest BCUT2D eigenvalue weighted by Crippen LogP contribution is 2.29. The van der Waals surface area contributed by atoms with E-state index in [9.17, 15) is 4.79 Å². The fraction of sp³-hybridized carbons (Fsp3) is 0.167. The number of amides is 1. The molecule has 1 amide bonds. The lowest BCUT2D eigenvalue weighted by Gasteiger charge is -2.09. The SMILES string of the molecule is C[C@@H](Sc1ccccc1)C(=O)Nc1nnc(SCc2ccccc2)s1. The Bertz CT molecular complexity index is 809. The van der Waals surface area contributed by atoms with Gasteiger partial charge in [0, 0.05) is 10.6 Å². The van der Waals surface area contributed by atoms with Gasteiger partial charge in [-0.1, -0.05) is 71.6 Å². The fourth-order valence-electron chi connectivity index (χ4n) is 2.00. The van der Waals surface area contributed by atoms with Gasteiger partial charge >= 0.3 is 0 Å². The summed E-state index contributed by atoms with van der Waals surface area (Å²) in [5.41, 5.74) is 1.24. The number of nitrogens with one attached hydrogen (secondary N) is 1. The first kappa shape index (κ1) is 18.0. The van der Waals surface area contributed by atoms with Crippen molar-refractivity contribution in [3.63, 3.8) is 0 Å². The van der Waals surface area contributed by atoms with Crippen molar-refractivity contribution in [1.29, 1.82) is 0 Å². The highest BCUT2D eigenvalue weighted by atomic mass is 32.2. The van der Waals surface area contributed by atoms with Gasteiger partial charge in [0.1, 0.15) is 0 Å². The molecule has 7 heteroatoms. The largest absolute Gasteiger partial charge is 0.300 e. The highest BCUT2D eigenvalue weighted by Gasteiger charge is 2.16. The second-order valence-electron chi connectivity index (χ2n) is 5.21. The van der Waals surface area contributed by atoms with E-state index < -0.39 is 0 Å². The number of carbonyl (C=O) groups excluding carboxylic acids is 1. The van der Waals surface area contributed by atoms with Gasteiger partial charge in [-0.05, 0) is 24.6 Å². The predicted octanol–water partition coefficient (Wildman–Crippen LogP) is 4.95. The van der Waals surface area contributed by atoms with Crippen LogP contribution in [0.3, 0.4) is 0 Å². The minimum Gasteiger partial charge on any atom is -0.300 e. The van der Waals surface area contributed by atoms with Gasteiger partial charge in [0.25, 0.3) is 0 Å². The van der Waals surface area contributed by atoms with Crippen molar-refractivity contribution in [3.8, 4) is 0 Å². The molecule has 0 aliphatic heterocycles. The summed E-state index contributed by atoms with van der Waals surface area (Å²) >= 11 is 4.55. The molecule has 0 bridgehead atoms. The second kappa shape index (κ2) is 9.03. The van der Waals surface area contributed by atoms with Crippen molar-refractivity contribution < 1.29 is 4.79 Å². The topological polar surface area (TPSA) is 54.9 Å². The molecular formula is C18H17N3OS3. The normalized spacial score (nSPS) is 11.9. The lowest BCUT2D eigenvalue weighted by molar-refractivity contribution is -0.115. The molecule has 0 saturated carbocycles. The Kier molecular flexibility index (Phi) is 6.49. The van der Waals surface area contributed by atoms with Gasteiger partial charge in [-0.3, -0.25) is 10.1 Å². The van der Waals surface area contributed by atoms with Crippen LogP contribution in [0.4, 0.5) is 5.13 Å². The van der Waals surface area contributed by atoms with Gasteiger partial charge in [-0.15, -0.1) is 22.0 Å². The van der Waals surface area contributed by atoms with Crippen LogP contribution in [0.1, 0.15) is 12.5 Å². The van der Waals surface area contributed by atoms with Crippen LogP contribution < -0.4 is 5.32 Å². The van der Waals surface area contributed by atoms with E-state index in [1.165, 1.54) is 28.7 Å². The minimum absolute atomic E-state index is 0.0652. The molecule has 128 valence electrons. The molecule has 0 aliphatic rings. The Morgan fingerprint density at radius 2 is 1.76 bits per heavy atom. The monoisotopic (exact) mass is 387 g/mol. The number of hydrogen-bond donors (Lipinski definition) is 1. The van der Waals surface area contributed by atoms with E-state index in [1.54, 1.807) is 11.8 Å². The third-order valence-electron chi connectivity index (χ3n) is 3.27. The first-order chi connectivity index (χ1) is 12.2. The summed E-state index contributed by atoms with van der Waals surface area (Å²) in [5, 5.41) is 11.4. The number of hydrogen-bond acceptors (Lipinski definition) is 6. The Morgan fingerprint density at radius 3 is 2.48 bits per heavy atom. The maximum Gasteiger partial charge on any atom is 0.239 e. The molecule has 25 heavy (non-hydrogen) atoms. The first-order valence-electron chi connectivity index (χ1n) is 7.73. The quantitative estimate of drug-likeness (QED) is 0.459. The van der Waals surface area contributed by atoms with Crippen LogP contribution in [-0.2, 0) is 10.5 Å². The second-order valence-corrected chi connectivity index (χ2v) is 8.82. The molecule has 0 spiro atoms. The van der Waals surface area contributed by atoms with Gasteiger partial charge in [0.05, 0.1) is 5.25 Å². The number of carbonyl (C=O) groups is 1. The number of aromatic nitrogens is 2. The molecule has 0 radical (unpaired) electrons. The smallest absolute Gasteiger partial charge is 0.239 e. The summed E-state index contributed by atoms with van der Waals surface area (Å²) in [4.78, 5) is 13.4. The average Bonchev–Trinajstić information content (AvgIpc) is 3.09. The predicted molar refractivity (Wildman–Crippen MR) is 106 cm³/mol. The maximum atomic E-state index is 12.3. The summed E-state index contributed by atoms with van der Waals surface area (Å²) in [6, 6.07) is 20.1. The van der Waals surface area contributed by atoms with Gasteiger partial charge < -0.3 is 0 Å². The number of benzene rings is 2. The molecule has 0 saturated heterocycles. The average molecular weight is 388 g/mol. The molecule has 2 aromatic carbocycles. The van der Waals surface area contributed by atoms with Crippen molar-refractivity contribution in [2.75, 3.05) is 5.32 Å². The number of anilines is 1. The Balaban J connectivity index is 1.51.